The quantitative estimate of drug-likeness (QED) is 0.891. The number of hydrogen-bond acceptors (Lipinski definition) is 3. The van der Waals surface area contributed by atoms with Crippen molar-refractivity contribution in [2.24, 2.45) is 0 Å². The Hall–Kier alpha value is -2.49. The molecular weight excluding hydrogens is 288 g/mol. The third-order valence-electron chi connectivity index (χ3n) is 3.63. The summed E-state index contributed by atoms with van der Waals surface area (Å²) in [6, 6.07) is 14.0. The second-order valence-electron chi connectivity index (χ2n) is 5.90. The van der Waals surface area contributed by atoms with Crippen molar-refractivity contribution in [2.75, 3.05) is 25.6 Å². The molecule has 0 radical (unpaired) electrons. The Labute approximate surface area is 138 Å². The molecule has 0 aromatic heterocycles. The molecule has 2 aromatic rings. The number of carbonyl (C=O) groups is 1. The van der Waals surface area contributed by atoms with Gasteiger partial charge in [-0.25, -0.2) is 0 Å². The lowest BCUT2D eigenvalue weighted by Crippen LogP contribution is -2.28. The average molecular weight is 312 g/mol. The topological polar surface area (TPSA) is 41.6 Å². The maximum absolute atomic E-state index is 11.9. The first kappa shape index (κ1) is 16.9. The molecule has 1 amide bonds. The number of ether oxygens (including phenoxy) is 1. The van der Waals surface area contributed by atoms with Crippen molar-refractivity contribution in [3.8, 4) is 5.75 Å². The van der Waals surface area contributed by atoms with Crippen LogP contribution >= 0.6 is 0 Å². The van der Waals surface area contributed by atoms with Crippen LogP contribution in [0.3, 0.4) is 0 Å². The van der Waals surface area contributed by atoms with Gasteiger partial charge in [0.15, 0.2) is 6.61 Å². The summed E-state index contributed by atoms with van der Waals surface area (Å²) in [5, 5.41) is 2.87. The predicted octanol–water partition coefficient (Wildman–Crippen LogP) is 3.06. The van der Waals surface area contributed by atoms with Crippen LogP contribution in [0.4, 0.5) is 5.69 Å². The fourth-order valence-electron chi connectivity index (χ4n) is 2.27. The second-order valence-corrected chi connectivity index (χ2v) is 5.90. The lowest BCUT2D eigenvalue weighted by Gasteiger charge is -2.13. The van der Waals surface area contributed by atoms with E-state index in [0.717, 1.165) is 22.6 Å². The fraction of sp³-hybridized carbons (Fsp3) is 0.316. The number of anilines is 1. The van der Waals surface area contributed by atoms with Crippen LogP contribution in [0.25, 0.3) is 0 Å². The highest BCUT2D eigenvalue weighted by atomic mass is 16.5. The fourth-order valence-corrected chi connectivity index (χ4v) is 2.27. The zero-order chi connectivity index (χ0) is 16.8. The lowest BCUT2D eigenvalue weighted by atomic mass is 10.1. The molecule has 2 rings (SSSR count). The van der Waals surface area contributed by atoms with E-state index in [2.05, 4.69) is 5.32 Å². The van der Waals surface area contributed by atoms with E-state index in [1.807, 2.05) is 75.3 Å². The molecule has 0 bridgehead atoms. The van der Waals surface area contributed by atoms with Crippen molar-refractivity contribution in [3.05, 3.63) is 59.2 Å². The van der Waals surface area contributed by atoms with Gasteiger partial charge in [0.05, 0.1) is 0 Å². The van der Waals surface area contributed by atoms with Crippen LogP contribution in [0, 0.1) is 13.8 Å². The van der Waals surface area contributed by atoms with Crippen molar-refractivity contribution in [2.45, 2.75) is 20.4 Å². The Bertz CT molecular complexity index is 664. The van der Waals surface area contributed by atoms with Gasteiger partial charge in [0.1, 0.15) is 5.75 Å². The summed E-state index contributed by atoms with van der Waals surface area (Å²) in [6.07, 6.45) is 0. The smallest absolute Gasteiger partial charge is 0.258 e. The number of nitrogens with one attached hydrogen (secondary N) is 1. The van der Waals surface area contributed by atoms with Crippen LogP contribution in [0.15, 0.2) is 42.5 Å². The Morgan fingerprint density at radius 2 is 1.78 bits per heavy atom. The van der Waals surface area contributed by atoms with E-state index >= 15 is 0 Å². The number of rotatable bonds is 6. The SMILES string of the molecule is Cc1ccc(OCC(=O)NCc2ccc(N(C)C)cc2)c(C)c1. The highest BCUT2D eigenvalue weighted by Crippen LogP contribution is 2.18. The number of aryl methyl sites for hydroxylation is 2. The van der Waals surface area contributed by atoms with Crippen LogP contribution in [-0.2, 0) is 11.3 Å². The summed E-state index contributed by atoms with van der Waals surface area (Å²) < 4.78 is 5.57. The van der Waals surface area contributed by atoms with Crippen molar-refractivity contribution >= 4 is 11.6 Å². The number of carbonyl (C=O) groups excluding carboxylic acids is 1. The molecule has 4 heteroatoms. The number of nitrogens with zero attached hydrogens (tertiary/aromatic N) is 1. The maximum atomic E-state index is 11.9. The zero-order valence-corrected chi connectivity index (χ0v) is 14.2. The molecule has 0 saturated carbocycles. The van der Waals surface area contributed by atoms with Gasteiger partial charge in [-0.05, 0) is 43.2 Å². The van der Waals surface area contributed by atoms with E-state index in [1.165, 1.54) is 5.56 Å². The Morgan fingerprint density at radius 1 is 1.09 bits per heavy atom. The van der Waals surface area contributed by atoms with E-state index in [-0.39, 0.29) is 12.5 Å². The van der Waals surface area contributed by atoms with Gasteiger partial charge in [-0.3, -0.25) is 4.79 Å². The number of amides is 1. The summed E-state index contributed by atoms with van der Waals surface area (Å²) in [7, 11) is 4.00. The van der Waals surface area contributed by atoms with E-state index in [4.69, 9.17) is 4.74 Å². The second kappa shape index (κ2) is 7.68. The standard InChI is InChI=1S/C19H24N2O2/c1-14-5-10-18(15(2)11-14)23-13-19(22)20-12-16-6-8-17(9-7-16)21(3)4/h5-11H,12-13H2,1-4H3,(H,20,22). The van der Waals surface area contributed by atoms with Crippen LogP contribution in [0.2, 0.25) is 0 Å². The summed E-state index contributed by atoms with van der Waals surface area (Å²) in [6.45, 7) is 4.54. The van der Waals surface area contributed by atoms with Crippen molar-refractivity contribution in [1.82, 2.24) is 5.32 Å². The first-order valence-electron chi connectivity index (χ1n) is 7.69. The van der Waals surface area contributed by atoms with Crippen LogP contribution in [0.5, 0.6) is 5.75 Å². The van der Waals surface area contributed by atoms with Gasteiger partial charge >= 0.3 is 0 Å². The van der Waals surface area contributed by atoms with Gasteiger partial charge in [-0.15, -0.1) is 0 Å². The highest BCUT2D eigenvalue weighted by molar-refractivity contribution is 5.77. The average Bonchev–Trinajstić information content (AvgIpc) is 2.52. The third-order valence-corrected chi connectivity index (χ3v) is 3.63. The summed E-state index contributed by atoms with van der Waals surface area (Å²) in [5.74, 6) is 0.628. The van der Waals surface area contributed by atoms with Crippen LogP contribution in [0.1, 0.15) is 16.7 Å². The van der Waals surface area contributed by atoms with E-state index in [0.29, 0.717) is 6.54 Å². The van der Waals surface area contributed by atoms with Gasteiger partial charge < -0.3 is 15.0 Å². The molecule has 2 aromatic carbocycles. The van der Waals surface area contributed by atoms with Gasteiger partial charge in [0.2, 0.25) is 0 Å². The normalized spacial score (nSPS) is 10.3. The molecule has 0 saturated heterocycles. The van der Waals surface area contributed by atoms with E-state index in [9.17, 15) is 4.79 Å². The molecule has 0 unspecified atom stereocenters. The lowest BCUT2D eigenvalue weighted by molar-refractivity contribution is -0.123. The summed E-state index contributed by atoms with van der Waals surface area (Å²) in [5.41, 5.74) is 4.42. The highest BCUT2D eigenvalue weighted by Gasteiger charge is 2.05. The molecule has 122 valence electrons. The van der Waals surface area contributed by atoms with Crippen LogP contribution < -0.4 is 15.0 Å². The molecule has 0 aliphatic carbocycles. The van der Waals surface area contributed by atoms with Gasteiger partial charge in [-0.1, -0.05) is 29.8 Å². The van der Waals surface area contributed by atoms with Gasteiger partial charge in [0, 0.05) is 26.3 Å². The van der Waals surface area contributed by atoms with Crippen molar-refractivity contribution < 1.29 is 9.53 Å². The summed E-state index contributed by atoms with van der Waals surface area (Å²) >= 11 is 0. The Morgan fingerprint density at radius 3 is 2.39 bits per heavy atom. The maximum Gasteiger partial charge on any atom is 0.258 e. The molecule has 1 N–H and O–H groups in total. The number of benzene rings is 2. The Balaban J connectivity index is 1.80. The van der Waals surface area contributed by atoms with Gasteiger partial charge in [0.25, 0.3) is 5.91 Å². The minimum absolute atomic E-state index is 0.0275. The van der Waals surface area contributed by atoms with Gasteiger partial charge in [-0.2, -0.15) is 0 Å². The molecule has 4 nitrogen and oxygen atoms in total. The zero-order valence-electron chi connectivity index (χ0n) is 14.2. The Kier molecular flexibility index (Phi) is 5.63. The van der Waals surface area contributed by atoms with Crippen molar-refractivity contribution in [1.29, 1.82) is 0 Å². The van der Waals surface area contributed by atoms with E-state index in [1.54, 1.807) is 0 Å². The van der Waals surface area contributed by atoms with Crippen molar-refractivity contribution in [3.63, 3.8) is 0 Å². The first-order chi connectivity index (χ1) is 11.0. The third kappa shape index (κ3) is 5.02. The first-order valence-corrected chi connectivity index (χ1v) is 7.69. The molecule has 0 aliphatic heterocycles. The molecule has 0 atom stereocenters. The summed E-state index contributed by atoms with van der Waals surface area (Å²) in [4.78, 5) is 13.9. The minimum Gasteiger partial charge on any atom is -0.484 e. The molecule has 0 heterocycles. The number of hydrogen-bond donors (Lipinski definition) is 1. The molecule has 0 aliphatic rings. The van der Waals surface area contributed by atoms with E-state index < -0.39 is 0 Å². The van der Waals surface area contributed by atoms with Crippen LogP contribution in [-0.4, -0.2) is 26.6 Å². The minimum atomic E-state index is -0.123. The molecule has 0 fully saturated rings. The molecular formula is C19H24N2O2. The monoisotopic (exact) mass is 312 g/mol. The predicted molar refractivity (Wildman–Crippen MR) is 94.0 cm³/mol. The molecule has 0 spiro atoms. The molecule has 23 heavy (non-hydrogen) atoms. The largest absolute Gasteiger partial charge is 0.484 e.